The van der Waals surface area contributed by atoms with E-state index in [9.17, 15) is 21.6 Å². The van der Waals surface area contributed by atoms with Gasteiger partial charge in [0.15, 0.2) is 5.65 Å². The largest absolute Gasteiger partial charge is 0.419 e. The number of anilines is 1. The third kappa shape index (κ3) is 5.55. The van der Waals surface area contributed by atoms with Crippen molar-refractivity contribution in [3.63, 3.8) is 0 Å². The minimum atomic E-state index is -4.83. The van der Waals surface area contributed by atoms with Crippen LogP contribution in [0.1, 0.15) is 36.3 Å². The standard InChI is InChI=1S/C32H32F3N7O4S/c1-18-28(19(2)46-40-18)26-13-12-22-23(17-42(30(22)37-26)47(43,44)21-8-5-4-6-9-21)29-24(32(33,34)35)14-36-31(39-29)38-25-10-7-11-27(25)41-15-20(16-41)45-3/h4-6,8-9,12-14,17,20,25,27H,7,10-11,15-16H2,1-3H3,(H,36,38,39)/t25-,27-/m0/s1. The second-order valence-electron chi connectivity index (χ2n) is 11.9. The molecule has 0 unspecified atom stereocenters. The molecule has 5 aromatic rings. The zero-order valence-corrected chi connectivity index (χ0v) is 26.6. The van der Waals surface area contributed by atoms with Crippen LogP contribution in [0.2, 0.25) is 0 Å². The minimum absolute atomic E-state index is 0.0285. The van der Waals surface area contributed by atoms with E-state index in [0.29, 0.717) is 22.7 Å². The molecule has 7 rings (SSSR count). The number of nitrogens with zero attached hydrogens (tertiary/aromatic N) is 6. The minimum Gasteiger partial charge on any atom is -0.379 e. The maximum absolute atomic E-state index is 14.5. The van der Waals surface area contributed by atoms with E-state index in [1.54, 1.807) is 51.3 Å². The molecule has 4 aromatic heterocycles. The summed E-state index contributed by atoms with van der Waals surface area (Å²) in [6, 6.07) is 10.9. The van der Waals surface area contributed by atoms with Crippen molar-refractivity contribution >= 4 is 27.0 Å². The quantitative estimate of drug-likeness (QED) is 0.221. The van der Waals surface area contributed by atoms with Crippen LogP contribution in [0.5, 0.6) is 0 Å². The lowest BCUT2D eigenvalue weighted by Gasteiger charge is -2.44. The molecular weight excluding hydrogens is 635 g/mol. The zero-order valence-electron chi connectivity index (χ0n) is 25.8. The molecule has 47 heavy (non-hydrogen) atoms. The summed E-state index contributed by atoms with van der Waals surface area (Å²) in [4.78, 5) is 15.4. The highest BCUT2D eigenvalue weighted by atomic mass is 32.2. The molecule has 246 valence electrons. The van der Waals surface area contributed by atoms with E-state index in [2.05, 4.69) is 30.3 Å². The van der Waals surface area contributed by atoms with Crippen molar-refractivity contribution in [2.75, 3.05) is 25.5 Å². The summed E-state index contributed by atoms with van der Waals surface area (Å²) in [5.41, 5.74) is -0.209. The summed E-state index contributed by atoms with van der Waals surface area (Å²) < 4.78 is 83.2. The van der Waals surface area contributed by atoms with Gasteiger partial charge in [-0.05, 0) is 57.4 Å². The Morgan fingerprint density at radius 3 is 2.49 bits per heavy atom. The van der Waals surface area contributed by atoms with Crippen molar-refractivity contribution < 1.29 is 30.8 Å². The molecule has 1 saturated carbocycles. The van der Waals surface area contributed by atoms with Crippen LogP contribution in [0.3, 0.4) is 0 Å². The Balaban J connectivity index is 1.37. The van der Waals surface area contributed by atoms with Gasteiger partial charge in [0, 0.05) is 55.6 Å². The van der Waals surface area contributed by atoms with Crippen LogP contribution in [0.4, 0.5) is 19.1 Å². The highest BCUT2D eigenvalue weighted by Gasteiger charge is 2.40. The van der Waals surface area contributed by atoms with Crippen LogP contribution in [0.25, 0.3) is 33.5 Å². The normalized spacial score (nSPS) is 19.4. The van der Waals surface area contributed by atoms with Gasteiger partial charge in [-0.2, -0.15) is 13.2 Å². The summed E-state index contributed by atoms with van der Waals surface area (Å²) in [6.07, 6.45) is -0.0583. The van der Waals surface area contributed by atoms with E-state index in [1.807, 2.05) is 0 Å². The number of aryl methyl sites for hydroxylation is 2. The number of methoxy groups -OCH3 is 1. The van der Waals surface area contributed by atoms with Crippen LogP contribution in [0, 0.1) is 13.8 Å². The van der Waals surface area contributed by atoms with E-state index in [1.165, 1.54) is 12.1 Å². The first-order valence-electron chi connectivity index (χ1n) is 15.2. The fourth-order valence-electron chi connectivity index (χ4n) is 6.61. The zero-order chi connectivity index (χ0) is 33.1. The molecule has 0 bridgehead atoms. The number of ether oxygens (including phenoxy) is 1. The summed E-state index contributed by atoms with van der Waals surface area (Å²) in [5, 5.41) is 7.42. The molecule has 0 spiro atoms. The SMILES string of the molecule is COC1CN([C@H]2CCC[C@@H]2Nc2ncc(C(F)(F)F)c(-c3cn(S(=O)(=O)c4ccccc4)c4nc(-c5c(C)noc5C)ccc34)n2)C1. The molecule has 0 amide bonds. The number of hydrogen-bond acceptors (Lipinski definition) is 10. The second kappa shape index (κ2) is 11.7. The summed E-state index contributed by atoms with van der Waals surface area (Å²) in [7, 11) is -2.62. The lowest BCUT2D eigenvalue weighted by Crippen LogP contribution is -2.59. The molecular formula is C32H32F3N7O4S. The number of hydrogen-bond donors (Lipinski definition) is 1. The second-order valence-corrected chi connectivity index (χ2v) is 13.8. The van der Waals surface area contributed by atoms with Gasteiger partial charge in [0.25, 0.3) is 10.0 Å². The maximum Gasteiger partial charge on any atom is 0.419 e. The molecule has 1 aromatic carbocycles. The lowest BCUT2D eigenvalue weighted by molar-refractivity contribution is -0.137. The summed E-state index contributed by atoms with van der Waals surface area (Å²) in [6.45, 7) is 5.00. The molecule has 5 heterocycles. The summed E-state index contributed by atoms with van der Waals surface area (Å²) >= 11 is 0. The van der Waals surface area contributed by atoms with Crippen molar-refractivity contribution in [3.8, 4) is 22.5 Å². The van der Waals surface area contributed by atoms with Crippen LogP contribution in [0.15, 0.2) is 64.3 Å². The number of rotatable bonds is 8. The molecule has 1 saturated heterocycles. The van der Waals surface area contributed by atoms with Crippen molar-refractivity contribution in [3.05, 3.63) is 71.9 Å². The highest BCUT2D eigenvalue weighted by Crippen LogP contribution is 2.41. The number of aromatic nitrogens is 5. The molecule has 0 radical (unpaired) electrons. The Labute approximate surface area is 268 Å². The number of nitrogens with one attached hydrogen (secondary N) is 1. The fourth-order valence-corrected chi connectivity index (χ4v) is 7.94. The molecule has 11 nitrogen and oxygen atoms in total. The van der Waals surface area contributed by atoms with Gasteiger partial charge in [0.2, 0.25) is 5.95 Å². The average molecular weight is 668 g/mol. The number of fused-ring (bicyclic) bond motifs is 1. The van der Waals surface area contributed by atoms with Crippen LogP contribution < -0.4 is 5.32 Å². The molecule has 1 aliphatic heterocycles. The van der Waals surface area contributed by atoms with Gasteiger partial charge in [-0.3, -0.25) is 4.90 Å². The van der Waals surface area contributed by atoms with Crippen LogP contribution in [-0.4, -0.2) is 75.8 Å². The van der Waals surface area contributed by atoms with Gasteiger partial charge in [0.1, 0.15) is 11.3 Å². The Bertz CT molecular complexity index is 2040. The first kappa shape index (κ1) is 31.3. The van der Waals surface area contributed by atoms with Crippen LogP contribution >= 0.6 is 0 Å². The van der Waals surface area contributed by atoms with E-state index >= 15 is 0 Å². The molecule has 2 atom stereocenters. The van der Waals surface area contributed by atoms with Crippen molar-refractivity contribution in [2.24, 2.45) is 0 Å². The Hall–Kier alpha value is -4.34. The predicted molar refractivity (Wildman–Crippen MR) is 167 cm³/mol. The third-order valence-electron chi connectivity index (χ3n) is 9.03. The monoisotopic (exact) mass is 667 g/mol. The third-order valence-corrected chi connectivity index (χ3v) is 10.7. The van der Waals surface area contributed by atoms with Crippen molar-refractivity contribution in [1.29, 1.82) is 0 Å². The predicted octanol–water partition coefficient (Wildman–Crippen LogP) is 5.68. The number of alkyl halides is 3. The van der Waals surface area contributed by atoms with Gasteiger partial charge in [-0.15, -0.1) is 0 Å². The first-order valence-corrected chi connectivity index (χ1v) is 16.6. The molecule has 2 fully saturated rings. The number of benzene rings is 1. The van der Waals surface area contributed by atoms with Gasteiger partial charge in [-0.25, -0.2) is 27.3 Å². The number of halogens is 3. The van der Waals surface area contributed by atoms with E-state index < -0.39 is 27.5 Å². The van der Waals surface area contributed by atoms with E-state index in [-0.39, 0.29) is 45.6 Å². The molecule has 15 heteroatoms. The first-order chi connectivity index (χ1) is 22.5. The van der Waals surface area contributed by atoms with Gasteiger partial charge < -0.3 is 14.6 Å². The van der Waals surface area contributed by atoms with Crippen molar-refractivity contribution in [2.45, 2.75) is 62.4 Å². The van der Waals surface area contributed by atoms with Crippen molar-refractivity contribution in [1.82, 2.24) is 29.0 Å². The Kier molecular flexibility index (Phi) is 7.80. The smallest absolute Gasteiger partial charge is 0.379 e. The van der Waals surface area contributed by atoms with Gasteiger partial charge >= 0.3 is 6.18 Å². The number of likely N-dealkylation sites (tertiary alicyclic amines) is 1. The molecule has 1 aliphatic carbocycles. The highest BCUT2D eigenvalue weighted by molar-refractivity contribution is 7.90. The lowest BCUT2D eigenvalue weighted by atomic mass is 10.0. The van der Waals surface area contributed by atoms with E-state index in [4.69, 9.17) is 9.26 Å². The Morgan fingerprint density at radius 2 is 1.81 bits per heavy atom. The summed E-state index contributed by atoms with van der Waals surface area (Å²) in [5.74, 6) is 0.492. The van der Waals surface area contributed by atoms with Crippen LogP contribution in [-0.2, 0) is 20.9 Å². The average Bonchev–Trinajstić information content (AvgIpc) is 3.73. The number of pyridine rings is 1. The fraction of sp³-hybridized carbons (Fsp3) is 0.375. The maximum atomic E-state index is 14.5. The Morgan fingerprint density at radius 1 is 1.04 bits per heavy atom. The molecule has 1 N–H and O–H groups in total. The van der Waals surface area contributed by atoms with Gasteiger partial charge in [0.05, 0.1) is 33.6 Å². The van der Waals surface area contributed by atoms with Gasteiger partial charge in [-0.1, -0.05) is 23.4 Å². The van der Waals surface area contributed by atoms with E-state index in [0.717, 1.165) is 48.7 Å². The molecule has 2 aliphatic rings. The topological polar surface area (TPSA) is 128 Å².